The normalized spacial score (nSPS) is 20.7. The van der Waals surface area contributed by atoms with Gasteiger partial charge >= 0.3 is 0 Å². The highest BCUT2D eigenvalue weighted by atomic mass is 19.3. The fraction of sp³-hybridized carbons (Fsp3) is 0.393. The third kappa shape index (κ3) is 5.60. The van der Waals surface area contributed by atoms with Crippen molar-refractivity contribution in [3.05, 3.63) is 87.7 Å². The molecule has 3 rings (SSSR count). The van der Waals surface area contributed by atoms with Crippen molar-refractivity contribution in [1.82, 2.24) is 0 Å². The molecule has 4 heteroatoms. The fourth-order valence-electron chi connectivity index (χ4n) is 4.36. The summed E-state index contributed by atoms with van der Waals surface area (Å²) < 4.78 is 26.1. The van der Waals surface area contributed by atoms with Gasteiger partial charge in [0.25, 0.3) is 0 Å². The molecule has 0 radical (unpaired) electrons. The van der Waals surface area contributed by atoms with Crippen LogP contribution in [0, 0.1) is 5.92 Å². The lowest BCUT2D eigenvalue weighted by molar-refractivity contribution is 0.149. The van der Waals surface area contributed by atoms with Crippen molar-refractivity contribution >= 4 is 11.8 Å². The lowest BCUT2D eigenvalue weighted by atomic mass is 9.77. The Hall–Kier alpha value is -2.59. The van der Waals surface area contributed by atoms with E-state index < -0.39 is 6.43 Å². The summed E-state index contributed by atoms with van der Waals surface area (Å²) in [4.78, 5) is 4.82. The second-order valence-corrected chi connectivity index (χ2v) is 8.44. The Morgan fingerprint density at radius 1 is 1.22 bits per heavy atom. The van der Waals surface area contributed by atoms with E-state index in [1.807, 2.05) is 63.4 Å². The third-order valence-electron chi connectivity index (χ3n) is 6.36. The molecule has 0 bridgehead atoms. The first kappa shape index (κ1) is 24.1. The second-order valence-electron chi connectivity index (χ2n) is 8.44. The number of nitrogens with zero attached hydrogens (tertiary/aromatic N) is 1. The molecule has 0 unspecified atom stereocenters. The number of nitrogens with two attached hydrogens (primary N) is 1. The van der Waals surface area contributed by atoms with Crippen LogP contribution in [0.3, 0.4) is 0 Å². The summed E-state index contributed by atoms with van der Waals surface area (Å²) in [5.41, 5.74) is 14.2. The molecule has 0 atom stereocenters. The van der Waals surface area contributed by atoms with Crippen LogP contribution in [0.4, 0.5) is 8.78 Å². The molecule has 0 aromatic heterocycles. The van der Waals surface area contributed by atoms with Gasteiger partial charge < -0.3 is 5.73 Å². The van der Waals surface area contributed by atoms with Crippen LogP contribution in [0.15, 0.2) is 76.0 Å². The first-order valence-corrected chi connectivity index (χ1v) is 11.5. The summed E-state index contributed by atoms with van der Waals surface area (Å²) in [6, 6.07) is 5.82. The Kier molecular flexibility index (Phi) is 8.52. The van der Waals surface area contributed by atoms with Crippen LogP contribution < -0.4 is 5.73 Å². The van der Waals surface area contributed by atoms with E-state index in [1.54, 1.807) is 0 Å². The summed E-state index contributed by atoms with van der Waals surface area (Å²) in [6.07, 6.45) is 14.1. The number of aliphatic imine (C=N–C) groups is 1. The zero-order valence-electron chi connectivity index (χ0n) is 19.4. The van der Waals surface area contributed by atoms with Gasteiger partial charge in [-0.2, -0.15) is 0 Å². The predicted molar refractivity (Wildman–Crippen MR) is 132 cm³/mol. The summed E-state index contributed by atoms with van der Waals surface area (Å²) in [5.74, 6) is 0.554. The van der Waals surface area contributed by atoms with Crippen molar-refractivity contribution in [3.8, 4) is 0 Å². The van der Waals surface area contributed by atoms with Gasteiger partial charge in [-0.15, -0.1) is 0 Å². The molecule has 1 saturated carbocycles. The van der Waals surface area contributed by atoms with E-state index in [9.17, 15) is 8.78 Å². The molecule has 0 spiro atoms. The molecule has 0 heterocycles. The molecule has 0 saturated heterocycles. The molecule has 2 aliphatic rings. The maximum absolute atomic E-state index is 13.0. The number of rotatable bonds is 7. The van der Waals surface area contributed by atoms with Crippen molar-refractivity contribution in [1.29, 1.82) is 0 Å². The molecule has 0 amide bonds. The van der Waals surface area contributed by atoms with Crippen LogP contribution in [0.5, 0.6) is 0 Å². The van der Waals surface area contributed by atoms with E-state index in [0.717, 1.165) is 40.0 Å². The summed E-state index contributed by atoms with van der Waals surface area (Å²) >= 11 is 0. The van der Waals surface area contributed by atoms with Crippen molar-refractivity contribution in [3.63, 3.8) is 0 Å². The highest BCUT2D eigenvalue weighted by Crippen LogP contribution is 2.42. The van der Waals surface area contributed by atoms with Gasteiger partial charge in [0.15, 0.2) is 0 Å². The maximum atomic E-state index is 13.0. The van der Waals surface area contributed by atoms with Gasteiger partial charge in [0, 0.05) is 24.8 Å². The Balaban J connectivity index is 2.20. The summed E-state index contributed by atoms with van der Waals surface area (Å²) in [5, 5.41) is 0. The molecule has 2 N–H and O–H groups in total. The molecule has 1 aromatic rings. The van der Waals surface area contributed by atoms with Crippen LogP contribution in [0.25, 0.3) is 5.57 Å². The van der Waals surface area contributed by atoms with Gasteiger partial charge in [-0.05, 0) is 79.9 Å². The Morgan fingerprint density at radius 3 is 2.56 bits per heavy atom. The molecular weight excluding hydrogens is 402 g/mol. The van der Waals surface area contributed by atoms with E-state index in [0.29, 0.717) is 18.0 Å². The van der Waals surface area contributed by atoms with E-state index in [1.165, 1.54) is 24.8 Å². The highest BCUT2D eigenvalue weighted by molar-refractivity contribution is 5.87. The standard InChI is InChI=1S/C28H34F2N2/c1-4-8-27(32-18-19(5-2)17-31)26-16-22(21-9-7-10-21)15-23-13-20(14-28(29)30)11-12-25(23)24(26)6-3/h4-6,8,11-13,16,18,21,28H,7,9-10,14-15,17,31H2,1-3H3/b8-4+,19-5-,24-6-,27-26+,32-18+. The first-order chi connectivity index (χ1) is 15.5. The number of alkyl halides is 2. The summed E-state index contributed by atoms with van der Waals surface area (Å²) in [6.45, 7) is 6.42. The molecule has 2 nitrogen and oxygen atoms in total. The summed E-state index contributed by atoms with van der Waals surface area (Å²) in [7, 11) is 0. The molecule has 32 heavy (non-hydrogen) atoms. The Morgan fingerprint density at radius 2 is 2.00 bits per heavy atom. The van der Waals surface area contributed by atoms with Crippen LogP contribution >= 0.6 is 0 Å². The van der Waals surface area contributed by atoms with Crippen molar-refractivity contribution in [2.75, 3.05) is 6.54 Å². The second kappa shape index (κ2) is 11.3. The third-order valence-corrected chi connectivity index (χ3v) is 6.36. The van der Waals surface area contributed by atoms with Gasteiger partial charge in [0.05, 0.1) is 5.70 Å². The average Bonchev–Trinajstić information content (AvgIpc) is 2.88. The molecule has 1 fully saturated rings. The van der Waals surface area contributed by atoms with Crippen molar-refractivity contribution in [2.45, 2.75) is 59.3 Å². The monoisotopic (exact) mass is 436 g/mol. The van der Waals surface area contributed by atoms with E-state index in [-0.39, 0.29) is 6.42 Å². The average molecular weight is 437 g/mol. The zero-order valence-corrected chi connectivity index (χ0v) is 19.4. The largest absolute Gasteiger partial charge is 0.326 e. The van der Waals surface area contributed by atoms with Crippen molar-refractivity contribution < 1.29 is 8.78 Å². The first-order valence-electron chi connectivity index (χ1n) is 11.5. The van der Waals surface area contributed by atoms with Crippen LogP contribution in [-0.2, 0) is 12.8 Å². The maximum Gasteiger partial charge on any atom is 0.242 e. The van der Waals surface area contributed by atoms with Crippen molar-refractivity contribution in [2.24, 2.45) is 16.6 Å². The number of hydrogen-bond donors (Lipinski definition) is 1. The zero-order chi connectivity index (χ0) is 23.1. The van der Waals surface area contributed by atoms with Gasteiger partial charge in [-0.1, -0.05) is 54.5 Å². The minimum atomic E-state index is -2.34. The molecule has 1 aromatic carbocycles. The smallest absolute Gasteiger partial charge is 0.242 e. The molecule has 170 valence electrons. The van der Waals surface area contributed by atoms with Gasteiger partial charge in [0.1, 0.15) is 0 Å². The van der Waals surface area contributed by atoms with Crippen LogP contribution in [0.2, 0.25) is 0 Å². The topological polar surface area (TPSA) is 38.4 Å². The number of allylic oxidation sites excluding steroid dienone is 8. The Bertz CT molecular complexity index is 1000. The fourth-order valence-corrected chi connectivity index (χ4v) is 4.36. The van der Waals surface area contributed by atoms with E-state index >= 15 is 0 Å². The molecular formula is C28H34F2N2. The minimum Gasteiger partial charge on any atom is -0.326 e. The van der Waals surface area contributed by atoms with Gasteiger partial charge in [-0.25, -0.2) is 8.78 Å². The number of benzene rings is 1. The minimum absolute atomic E-state index is 0.205. The van der Waals surface area contributed by atoms with Crippen LogP contribution in [0.1, 0.15) is 56.7 Å². The quantitative estimate of drug-likeness (QED) is 0.460. The highest BCUT2D eigenvalue weighted by Gasteiger charge is 2.27. The number of fused-ring (bicyclic) bond motifs is 1. The molecule has 2 aliphatic carbocycles. The van der Waals surface area contributed by atoms with E-state index in [2.05, 4.69) is 12.2 Å². The molecule has 0 aliphatic heterocycles. The van der Waals surface area contributed by atoms with Gasteiger partial charge in [0.2, 0.25) is 6.43 Å². The predicted octanol–water partition coefficient (Wildman–Crippen LogP) is 6.99. The Labute approximate surface area is 191 Å². The van der Waals surface area contributed by atoms with Crippen LogP contribution in [-0.4, -0.2) is 19.2 Å². The van der Waals surface area contributed by atoms with E-state index in [4.69, 9.17) is 10.7 Å². The number of hydrogen-bond acceptors (Lipinski definition) is 2. The lowest BCUT2D eigenvalue weighted by Gasteiger charge is -2.28. The lowest BCUT2D eigenvalue weighted by Crippen LogP contribution is -2.15. The van der Waals surface area contributed by atoms with Gasteiger partial charge in [-0.3, -0.25) is 4.99 Å². The number of halogens is 2. The SMILES string of the molecule is C\C=C(/C=N/C(/C=C/C)=C1\C=C(C2CCC2)Cc2cc(CC(F)F)ccc2\C1=C\C)CN.